The van der Waals surface area contributed by atoms with Gasteiger partial charge in [0.15, 0.2) is 6.04 Å². The lowest BCUT2D eigenvalue weighted by atomic mass is 9.97. The molecule has 28 heavy (non-hydrogen) atoms. The number of thiazole rings is 1. The summed E-state index contributed by atoms with van der Waals surface area (Å²) in [6, 6.07) is 17.3. The number of para-hydroxylation sites is 2. The largest absolute Gasteiger partial charge is 0.324 e. The Morgan fingerprint density at radius 1 is 1.29 bits per heavy atom. The molecule has 0 aliphatic carbocycles. The summed E-state index contributed by atoms with van der Waals surface area (Å²) in [6.07, 6.45) is 2.21. The molecule has 2 heterocycles. The lowest BCUT2D eigenvalue weighted by molar-refractivity contribution is -0.920. The Hall–Kier alpha value is -2.75. The number of piperidine rings is 1. The van der Waals surface area contributed by atoms with Gasteiger partial charge < -0.3 is 10.2 Å². The molecule has 2 aromatic carbocycles. The van der Waals surface area contributed by atoms with Crippen LogP contribution in [0.5, 0.6) is 0 Å². The maximum absolute atomic E-state index is 12.8. The summed E-state index contributed by atoms with van der Waals surface area (Å²) in [6.45, 7) is 3.87. The topological polar surface area (TPSA) is 70.2 Å². The third-order valence-electron chi connectivity index (χ3n) is 5.53. The number of nitrogens with zero attached hydrogens (tertiary/aromatic N) is 2. The van der Waals surface area contributed by atoms with Gasteiger partial charge in [0.25, 0.3) is 5.91 Å². The van der Waals surface area contributed by atoms with Gasteiger partial charge in [-0.3, -0.25) is 4.79 Å². The average molecular weight is 392 g/mol. The highest BCUT2D eigenvalue weighted by atomic mass is 32.1. The summed E-state index contributed by atoms with van der Waals surface area (Å²) in [5.41, 5.74) is 2.14. The zero-order valence-corrected chi connectivity index (χ0v) is 16.6. The summed E-state index contributed by atoms with van der Waals surface area (Å²) >= 11 is 1.77. The SMILES string of the molecule is C[C@H](C(=O)Nc1ccccc1C#N)[NH+]1CCC[C@H](c2nc3ccccc3s2)C1. The van der Waals surface area contributed by atoms with Crippen molar-refractivity contribution in [2.24, 2.45) is 0 Å². The van der Waals surface area contributed by atoms with Crippen LogP contribution in [-0.2, 0) is 4.79 Å². The molecule has 1 aliphatic heterocycles. The van der Waals surface area contributed by atoms with Crippen LogP contribution in [0, 0.1) is 11.3 Å². The lowest BCUT2D eigenvalue weighted by Crippen LogP contribution is -3.17. The molecule has 5 nitrogen and oxygen atoms in total. The number of rotatable bonds is 4. The van der Waals surface area contributed by atoms with Crippen LogP contribution in [0.3, 0.4) is 0 Å². The molecule has 1 fully saturated rings. The zero-order valence-electron chi connectivity index (χ0n) is 15.8. The molecular weight excluding hydrogens is 368 g/mol. The van der Waals surface area contributed by atoms with Gasteiger partial charge in [0.05, 0.1) is 40.5 Å². The van der Waals surface area contributed by atoms with Crippen molar-refractivity contribution in [3.8, 4) is 6.07 Å². The Balaban J connectivity index is 1.46. The maximum atomic E-state index is 12.8. The first-order valence-electron chi connectivity index (χ1n) is 9.65. The summed E-state index contributed by atoms with van der Waals surface area (Å²) in [5, 5.41) is 13.3. The molecule has 1 unspecified atom stereocenters. The minimum absolute atomic E-state index is 0.0392. The minimum atomic E-state index is -0.177. The van der Waals surface area contributed by atoms with E-state index < -0.39 is 0 Å². The number of hydrogen-bond acceptors (Lipinski definition) is 4. The van der Waals surface area contributed by atoms with Gasteiger partial charge in [-0.1, -0.05) is 24.3 Å². The van der Waals surface area contributed by atoms with E-state index in [-0.39, 0.29) is 11.9 Å². The summed E-state index contributed by atoms with van der Waals surface area (Å²) < 4.78 is 1.23. The van der Waals surface area contributed by atoms with E-state index in [1.807, 2.05) is 25.1 Å². The minimum Gasteiger partial charge on any atom is -0.324 e. The highest BCUT2D eigenvalue weighted by Gasteiger charge is 2.33. The van der Waals surface area contributed by atoms with Gasteiger partial charge in [0, 0.05) is 0 Å². The number of hydrogen-bond donors (Lipinski definition) is 2. The highest BCUT2D eigenvalue weighted by molar-refractivity contribution is 7.18. The molecule has 0 bridgehead atoms. The van der Waals surface area contributed by atoms with E-state index in [9.17, 15) is 10.1 Å². The van der Waals surface area contributed by atoms with Crippen LogP contribution in [0.2, 0.25) is 0 Å². The predicted octanol–water partition coefficient (Wildman–Crippen LogP) is 2.96. The molecular formula is C22H23N4OS+. The Bertz CT molecular complexity index is 1010. The maximum Gasteiger partial charge on any atom is 0.282 e. The highest BCUT2D eigenvalue weighted by Crippen LogP contribution is 2.30. The third-order valence-corrected chi connectivity index (χ3v) is 6.73. The zero-order chi connectivity index (χ0) is 19.5. The standard InChI is InChI=1S/C22H22N4OS/c1-15(21(27)24-18-9-3-2-7-16(18)13-23)26-12-6-8-17(14-26)22-25-19-10-4-5-11-20(19)28-22/h2-5,7,9-11,15,17H,6,8,12,14H2,1H3,(H,24,27)/p+1/t15-,17+/m1/s1. The van der Waals surface area contributed by atoms with Gasteiger partial charge >= 0.3 is 0 Å². The second kappa shape index (κ2) is 8.09. The number of amides is 1. The van der Waals surface area contributed by atoms with E-state index in [4.69, 9.17) is 4.98 Å². The first kappa shape index (κ1) is 18.6. The van der Waals surface area contributed by atoms with Gasteiger partial charge in [-0.2, -0.15) is 5.26 Å². The fraction of sp³-hybridized carbons (Fsp3) is 0.318. The van der Waals surface area contributed by atoms with Gasteiger partial charge in [-0.05, 0) is 44.0 Å². The Morgan fingerprint density at radius 2 is 2.07 bits per heavy atom. The van der Waals surface area contributed by atoms with E-state index in [0.717, 1.165) is 31.4 Å². The fourth-order valence-electron chi connectivity index (χ4n) is 3.88. The van der Waals surface area contributed by atoms with Gasteiger partial charge in [-0.25, -0.2) is 4.98 Å². The van der Waals surface area contributed by atoms with Crippen molar-refractivity contribution >= 4 is 33.1 Å². The van der Waals surface area contributed by atoms with E-state index in [2.05, 4.69) is 23.5 Å². The van der Waals surface area contributed by atoms with Crippen molar-refractivity contribution in [3.05, 3.63) is 59.1 Å². The molecule has 2 N–H and O–H groups in total. The molecule has 142 valence electrons. The van der Waals surface area contributed by atoms with Crippen molar-refractivity contribution < 1.29 is 9.69 Å². The van der Waals surface area contributed by atoms with Crippen molar-refractivity contribution in [2.75, 3.05) is 18.4 Å². The number of aromatic nitrogens is 1. The molecule has 0 spiro atoms. The number of benzene rings is 2. The number of quaternary nitrogens is 1. The molecule has 1 amide bonds. The molecule has 3 aromatic rings. The molecule has 0 saturated carbocycles. The fourth-order valence-corrected chi connectivity index (χ4v) is 4.98. The van der Waals surface area contributed by atoms with Crippen LogP contribution in [-0.4, -0.2) is 30.0 Å². The van der Waals surface area contributed by atoms with Gasteiger partial charge in [0.1, 0.15) is 11.1 Å². The molecule has 1 aliphatic rings. The second-order valence-corrected chi connectivity index (χ2v) is 8.40. The Morgan fingerprint density at radius 3 is 2.89 bits per heavy atom. The van der Waals surface area contributed by atoms with Crippen LogP contribution in [0.25, 0.3) is 10.2 Å². The second-order valence-electron chi connectivity index (χ2n) is 7.34. The van der Waals surface area contributed by atoms with E-state index in [0.29, 0.717) is 17.2 Å². The summed E-state index contributed by atoms with van der Waals surface area (Å²) in [7, 11) is 0. The van der Waals surface area contributed by atoms with Crippen molar-refractivity contribution in [3.63, 3.8) is 0 Å². The normalized spacial score (nSPS) is 20.4. The predicted molar refractivity (Wildman–Crippen MR) is 112 cm³/mol. The molecule has 0 radical (unpaired) electrons. The number of carbonyl (C=O) groups is 1. The van der Waals surface area contributed by atoms with Crippen molar-refractivity contribution in [2.45, 2.75) is 31.7 Å². The van der Waals surface area contributed by atoms with Crippen molar-refractivity contribution in [1.29, 1.82) is 5.26 Å². The molecule has 4 rings (SSSR count). The van der Waals surface area contributed by atoms with E-state index in [1.54, 1.807) is 29.5 Å². The molecule has 3 atom stereocenters. The Kier molecular flexibility index (Phi) is 5.38. The van der Waals surface area contributed by atoms with Crippen molar-refractivity contribution in [1.82, 2.24) is 4.98 Å². The van der Waals surface area contributed by atoms with E-state index in [1.165, 1.54) is 14.6 Å². The van der Waals surface area contributed by atoms with Crippen LogP contribution >= 0.6 is 11.3 Å². The Labute approximate surface area is 168 Å². The molecule has 1 saturated heterocycles. The first-order chi connectivity index (χ1) is 13.7. The number of nitrogens with one attached hydrogen (secondary N) is 2. The van der Waals surface area contributed by atoms with Gasteiger partial charge in [0.2, 0.25) is 0 Å². The number of likely N-dealkylation sites (tertiary alicyclic amines) is 1. The number of carbonyl (C=O) groups excluding carboxylic acids is 1. The van der Waals surface area contributed by atoms with Gasteiger partial charge in [-0.15, -0.1) is 11.3 Å². The molecule has 6 heteroatoms. The smallest absolute Gasteiger partial charge is 0.282 e. The average Bonchev–Trinajstić information content (AvgIpc) is 3.18. The van der Waals surface area contributed by atoms with E-state index >= 15 is 0 Å². The summed E-state index contributed by atoms with van der Waals surface area (Å²) in [4.78, 5) is 18.9. The van der Waals surface area contributed by atoms with Crippen LogP contribution < -0.4 is 10.2 Å². The quantitative estimate of drug-likeness (QED) is 0.718. The number of fused-ring (bicyclic) bond motifs is 1. The number of nitriles is 1. The van der Waals surface area contributed by atoms with Crippen LogP contribution in [0.4, 0.5) is 5.69 Å². The molecule has 1 aromatic heterocycles. The monoisotopic (exact) mass is 391 g/mol. The summed E-state index contributed by atoms with van der Waals surface area (Å²) in [5.74, 6) is 0.352. The lowest BCUT2D eigenvalue weighted by Gasteiger charge is -2.32. The van der Waals surface area contributed by atoms with Crippen LogP contribution in [0.1, 0.15) is 36.3 Å². The third kappa shape index (κ3) is 3.77. The first-order valence-corrected chi connectivity index (χ1v) is 10.5. The van der Waals surface area contributed by atoms with Crippen LogP contribution in [0.15, 0.2) is 48.5 Å². The number of anilines is 1.